The molecule has 0 spiro atoms. The minimum absolute atomic E-state index is 0.266. The fraction of sp³-hybridized carbons (Fsp3) is 0.500. The first-order chi connectivity index (χ1) is 7.26. The van der Waals surface area contributed by atoms with E-state index in [1.807, 2.05) is 0 Å². The van der Waals surface area contributed by atoms with Gasteiger partial charge in [-0.2, -0.15) is 11.3 Å². The predicted octanol–water partition coefficient (Wildman–Crippen LogP) is 1.36. The lowest BCUT2D eigenvalue weighted by Gasteiger charge is -2.18. The Morgan fingerprint density at radius 3 is 3.00 bits per heavy atom. The quantitative estimate of drug-likeness (QED) is 0.334. The molecule has 0 aliphatic carbocycles. The summed E-state index contributed by atoms with van der Waals surface area (Å²) in [6.07, 6.45) is 1.01. The lowest BCUT2D eigenvalue weighted by molar-refractivity contribution is 0.300. The van der Waals surface area contributed by atoms with E-state index >= 15 is 0 Å². The van der Waals surface area contributed by atoms with Gasteiger partial charge in [-0.25, -0.2) is 0 Å². The van der Waals surface area contributed by atoms with Crippen LogP contribution in [0.3, 0.4) is 0 Å². The van der Waals surface area contributed by atoms with Gasteiger partial charge in [0.25, 0.3) is 0 Å². The third-order valence-corrected chi connectivity index (χ3v) is 2.99. The minimum Gasteiger partial charge on any atom is -0.409 e. The van der Waals surface area contributed by atoms with Crippen LogP contribution in [0.25, 0.3) is 0 Å². The average Bonchev–Trinajstić information content (AvgIpc) is 2.76. The molecule has 0 radical (unpaired) electrons. The van der Waals surface area contributed by atoms with Crippen LogP contribution in [-0.2, 0) is 6.42 Å². The van der Waals surface area contributed by atoms with Crippen molar-refractivity contribution in [2.24, 2.45) is 10.9 Å². The molecule has 1 aromatic rings. The molecule has 1 aromatic heterocycles. The Balaban J connectivity index is 2.34. The zero-order valence-corrected chi connectivity index (χ0v) is 9.70. The highest BCUT2D eigenvalue weighted by Crippen LogP contribution is 2.07. The fourth-order valence-electron chi connectivity index (χ4n) is 1.33. The highest BCUT2D eigenvalue weighted by atomic mass is 32.1. The summed E-state index contributed by atoms with van der Waals surface area (Å²) in [5.74, 6) is 0.266. The van der Waals surface area contributed by atoms with Crippen LogP contribution in [0.2, 0.25) is 0 Å². The summed E-state index contributed by atoms with van der Waals surface area (Å²) in [7, 11) is 0. The summed E-state index contributed by atoms with van der Waals surface area (Å²) in [4.78, 5) is 2.15. The van der Waals surface area contributed by atoms with Crippen LogP contribution in [0.1, 0.15) is 12.5 Å². The smallest absolute Gasteiger partial charge is 0.153 e. The predicted molar refractivity (Wildman–Crippen MR) is 63.5 cm³/mol. The first-order valence-corrected chi connectivity index (χ1v) is 5.90. The maximum atomic E-state index is 8.47. The van der Waals surface area contributed by atoms with E-state index in [4.69, 9.17) is 10.9 Å². The molecule has 0 aromatic carbocycles. The molecule has 0 aliphatic rings. The number of nitrogens with two attached hydrogens (primary N) is 1. The van der Waals surface area contributed by atoms with Gasteiger partial charge in [-0.15, -0.1) is 0 Å². The molecule has 84 valence electrons. The van der Waals surface area contributed by atoms with Crippen LogP contribution in [0.15, 0.2) is 22.0 Å². The first kappa shape index (κ1) is 12.0. The molecule has 0 atom stereocenters. The summed E-state index contributed by atoms with van der Waals surface area (Å²) >= 11 is 1.71. The maximum Gasteiger partial charge on any atom is 0.153 e. The normalized spacial score (nSPS) is 12.3. The van der Waals surface area contributed by atoms with E-state index in [1.165, 1.54) is 5.56 Å². The van der Waals surface area contributed by atoms with Crippen molar-refractivity contribution in [2.45, 2.75) is 13.3 Å². The molecule has 0 unspecified atom stereocenters. The molecule has 1 heterocycles. The molecule has 1 rings (SSSR count). The Morgan fingerprint density at radius 1 is 1.67 bits per heavy atom. The number of hydrogen-bond acceptors (Lipinski definition) is 4. The van der Waals surface area contributed by atoms with Crippen LogP contribution in [0.5, 0.6) is 0 Å². The number of amidine groups is 1. The largest absolute Gasteiger partial charge is 0.409 e. The van der Waals surface area contributed by atoms with Crippen LogP contribution >= 0.6 is 11.3 Å². The second-order valence-electron chi connectivity index (χ2n) is 3.34. The zero-order valence-electron chi connectivity index (χ0n) is 8.89. The van der Waals surface area contributed by atoms with Gasteiger partial charge in [0.2, 0.25) is 0 Å². The monoisotopic (exact) mass is 227 g/mol. The van der Waals surface area contributed by atoms with Gasteiger partial charge in [-0.05, 0) is 35.4 Å². The molecule has 15 heavy (non-hydrogen) atoms. The summed E-state index contributed by atoms with van der Waals surface area (Å²) in [6.45, 7) is 4.43. The van der Waals surface area contributed by atoms with Crippen molar-refractivity contribution in [3.05, 3.63) is 22.4 Å². The molecule has 0 amide bonds. The number of nitrogens with zero attached hydrogens (tertiary/aromatic N) is 2. The topological polar surface area (TPSA) is 61.8 Å². The highest BCUT2D eigenvalue weighted by molar-refractivity contribution is 7.07. The summed E-state index contributed by atoms with van der Waals surface area (Å²) in [5, 5.41) is 15.7. The molecular weight excluding hydrogens is 210 g/mol. The summed E-state index contributed by atoms with van der Waals surface area (Å²) < 4.78 is 0. The Bertz CT molecular complexity index is 298. The summed E-state index contributed by atoms with van der Waals surface area (Å²) in [6, 6.07) is 2.13. The van der Waals surface area contributed by atoms with Crippen molar-refractivity contribution >= 4 is 17.2 Å². The number of oxime groups is 1. The lowest BCUT2D eigenvalue weighted by atomic mass is 10.2. The van der Waals surface area contributed by atoms with Gasteiger partial charge in [-0.3, -0.25) is 4.90 Å². The van der Waals surface area contributed by atoms with Gasteiger partial charge in [-0.1, -0.05) is 12.1 Å². The van der Waals surface area contributed by atoms with Crippen molar-refractivity contribution in [1.82, 2.24) is 4.90 Å². The third-order valence-electron chi connectivity index (χ3n) is 2.26. The molecule has 3 N–H and O–H groups in total. The van der Waals surface area contributed by atoms with Crippen LogP contribution in [0, 0.1) is 0 Å². The Labute approximate surface area is 94.0 Å². The standard InChI is InChI=1S/C10H17N3OS/c1-2-13(7-10(11)12-14)5-3-9-4-6-15-8-9/h4,6,8,14H,2-3,5,7H2,1H3,(H2,11,12). The zero-order chi connectivity index (χ0) is 11.1. The second-order valence-corrected chi connectivity index (χ2v) is 4.12. The van der Waals surface area contributed by atoms with Crippen LogP contribution < -0.4 is 5.73 Å². The van der Waals surface area contributed by atoms with Gasteiger partial charge in [0.05, 0.1) is 6.54 Å². The van der Waals surface area contributed by atoms with E-state index in [2.05, 4.69) is 33.8 Å². The van der Waals surface area contributed by atoms with Crippen molar-refractivity contribution in [3.8, 4) is 0 Å². The number of likely N-dealkylation sites (N-methyl/N-ethyl adjacent to an activating group) is 1. The average molecular weight is 227 g/mol. The maximum absolute atomic E-state index is 8.47. The van der Waals surface area contributed by atoms with E-state index < -0.39 is 0 Å². The lowest BCUT2D eigenvalue weighted by Crippen LogP contribution is -2.35. The molecule has 5 heteroatoms. The minimum atomic E-state index is 0.266. The fourth-order valence-corrected chi connectivity index (χ4v) is 2.03. The SMILES string of the molecule is CCN(CCc1ccsc1)CC(N)=NO. The number of hydrogen-bond donors (Lipinski definition) is 2. The van der Waals surface area contributed by atoms with Gasteiger partial charge < -0.3 is 10.9 Å². The third kappa shape index (κ3) is 4.31. The van der Waals surface area contributed by atoms with E-state index in [9.17, 15) is 0 Å². The first-order valence-electron chi connectivity index (χ1n) is 4.96. The molecule has 0 bridgehead atoms. The number of rotatable bonds is 6. The van der Waals surface area contributed by atoms with Gasteiger partial charge in [0, 0.05) is 6.54 Å². The van der Waals surface area contributed by atoms with Gasteiger partial charge >= 0.3 is 0 Å². The molecule has 0 fully saturated rings. The van der Waals surface area contributed by atoms with Crippen molar-refractivity contribution in [3.63, 3.8) is 0 Å². The van der Waals surface area contributed by atoms with Crippen LogP contribution in [0.4, 0.5) is 0 Å². The van der Waals surface area contributed by atoms with E-state index in [1.54, 1.807) is 11.3 Å². The van der Waals surface area contributed by atoms with E-state index in [0.717, 1.165) is 19.5 Å². The van der Waals surface area contributed by atoms with Crippen molar-refractivity contribution in [1.29, 1.82) is 0 Å². The summed E-state index contributed by atoms with van der Waals surface area (Å²) in [5.41, 5.74) is 6.80. The van der Waals surface area contributed by atoms with Crippen molar-refractivity contribution in [2.75, 3.05) is 19.6 Å². The Morgan fingerprint density at radius 2 is 2.47 bits per heavy atom. The van der Waals surface area contributed by atoms with Crippen molar-refractivity contribution < 1.29 is 5.21 Å². The Hall–Kier alpha value is -1.07. The Kier molecular flexibility index (Phi) is 5.14. The molecule has 4 nitrogen and oxygen atoms in total. The molecule has 0 aliphatic heterocycles. The second kappa shape index (κ2) is 6.42. The molecule has 0 saturated carbocycles. The molecule has 0 saturated heterocycles. The number of thiophene rings is 1. The van der Waals surface area contributed by atoms with Gasteiger partial charge in [0.15, 0.2) is 5.84 Å². The van der Waals surface area contributed by atoms with E-state index in [-0.39, 0.29) is 5.84 Å². The van der Waals surface area contributed by atoms with Gasteiger partial charge in [0.1, 0.15) is 0 Å². The van der Waals surface area contributed by atoms with E-state index in [0.29, 0.717) is 6.54 Å². The highest BCUT2D eigenvalue weighted by Gasteiger charge is 2.05. The van der Waals surface area contributed by atoms with Crippen LogP contribution in [-0.4, -0.2) is 35.6 Å². The molecular formula is C10H17N3OS.